The first-order valence-electron chi connectivity index (χ1n) is 9.15. The molecule has 2 aromatic carbocycles. The Morgan fingerprint density at radius 1 is 1.21 bits per heavy atom. The largest absolute Gasteiger partial charge is 0.380 e. The van der Waals surface area contributed by atoms with Gasteiger partial charge in [0.05, 0.1) is 33.0 Å². The van der Waals surface area contributed by atoms with Gasteiger partial charge in [0.25, 0.3) is 5.91 Å². The summed E-state index contributed by atoms with van der Waals surface area (Å²) in [5.41, 5.74) is 0.756. The zero-order valence-corrected chi connectivity index (χ0v) is 17.7. The Bertz CT molecular complexity index is 1210. The molecule has 1 amide bonds. The summed E-state index contributed by atoms with van der Waals surface area (Å²) >= 11 is 1.17. The van der Waals surface area contributed by atoms with Gasteiger partial charge in [0.2, 0.25) is 0 Å². The summed E-state index contributed by atoms with van der Waals surface area (Å²) in [6.07, 6.45) is 0. The first kappa shape index (κ1) is 21.4. The number of rotatable bonds is 7. The number of amides is 1. The Kier molecular flexibility index (Phi) is 6.61. The molecule has 0 aliphatic rings. The minimum absolute atomic E-state index is 0.0225. The molecule has 1 heterocycles. The lowest BCUT2D eigenvalue weighted by atomic mass is 10.2. The molecule has 0 radical (unpaired) electrons. The summed E-state index contributed by atoms with van der Waals surface area (Å²) in [6.45, 7) is 4.79. The van der Waals surface area contributed by atoms with Gasteiger partial charge in [-0.05, 0) is 37.3 Å². The Hall–Kier alpha value is -2.36. The number of aromatic nitrogens is 1. The summed E-state index contributed by atoms with van der Waals surface area (Å²) in [4.78, 5) is 17.4. The van der Waals surface area contributed by atoms with Crippen LogP contribution in [0.3, 0.4) is 0 Å². The Labute approximate surface area is 172 Å². The van der Waals surface area contributed by atoms with Crippen molar-refractivity contribution in [1.82, 2.24) is 4.57 Å². The number of hydrogen-bond acceptors (Lipinski definition) is 5. The predicted molar refractivity (Wildman–Crippen MR) is 110 cm³/mol. The van der Waals surface area contributed by atoms with Crippen molar-refractivity contribution in [2.75, 3.05) is 19.0 Å². The fourth-order valence-corrected chi connectivity index (χ4v) is 5.03. The molecular weight excluding hydrogens is 415 g/mol. The van der Waals surface area contributed by atoms with Gasteiger partial charge in [-0.1, -0.05) is 30.4 Å². The number of fused-ring (bicyclic) bond motifs is 1. The molecule has 29 heavy (non-hydrogen) atoms. The molecule has 3 aromatic rings. The van der Waals surface area contributed by atoms with E-state index in [9.17, 15) is 17.6 Å². The predicted octanol–water partition coefficient (Wildman–Crippen LogP) is 3.41. The number of hydrogen-bond donors (Lipinski definition) is 0. The van der Waals surface area contributed by atoms with Crippen LogP contribution in [0.2, 0.25) is 0 Å². The van der Waals surface area contributed by atoms with Gasteiger partial charge in [0.15, 0.2) is 14.6 Å². The maximum absolute atomic E-state index is 13.6. The highest BCUT2D eigenvalue weighted by molar-refractivity contribution is 7.91. The van der Waals surface area contributed by atoms with Crippen molar-refractivity contribution in [3.63, 3.8) is 0 Å². The van der Waals surface area contributed by atoms with E-state index in [-0.39, 0.29) is 22.0 Å². The Morgan fingerprint density at radius 2 is 1.97 bits per heavy atom. The zero-order chi connectivity index (χ0) is 21.0. The van der Waals surface area contributed by atoms with Crippen LogP contribution in [0.25, 0.3) is 10.2 Å². The van der Waals surface area contributed by atoms with E-state index in [0.717, 1.165) is 5.52 Å². The SMILES string of the molecule is CCOCCn1c(=NC(=O)c2ccccc2S(=O)(=O)CC)sc2cc(F)ccc21. The molecule has 0 saturated heterocycles. The van der Waals surface area contributed by atoms with Gasteiger partial charge in [0, 0.05) is 13.2 Å². The molecule has 0 bridgehead atoms. The maximum Gasteiger partial charge on any atom is 0.280 e. The lowest BCUT2D eigenvalue weighted by Gasteiger charge is -2.07. The molecule has 9 heteroatoms. The van der Waals surface area contributed by atoms with Crippen molar-refractivity contribution in [1.29, 1.82) is 0 Å². The third-order valence-electron chi connectivity index (χ3n) is 4.34. The Morgan fingerprint density at radius 3 is 2.69 bits per heavy atom. The maximum atomic E-state index is 13.6. The van der Waals surface area contributed by atoms with Gasteiger partial charge in [-0.15, -0.1) is 0 Å². The number of ether oxygens (including phenoxy) is 1. The molecule has 0 aliphatic carbocycles. The van der Waals surface area contributed by atoms with Crippen molar-refractivity contribution < 1.29 is 22.3 Å². The molecule has 0 unspecified atom stereocenters. The van der Waals surface area contributed by atoms with Gasteiger partial charge < -0.3 is 9.30 Å². The smallest absolute Gasteiger partial charge is 0.280 e. The van der Waals surface area contributed by atoms with Crippen LogP contribution in [0.4, 0.5) is 4.39 Å². The molecule has 154 valence electrons. The quantitative estimate of drug-likeness (QED) is 0.532. The van der Waals surface area contributed by atoms with E-state index in [4.69, 9.17) is 4.74 Å². The van der Waals surface area contributed by atoms with Crippen LogP contribution in [0.15, 0.2) is 52.4 Å². The average molecular weight is 437 g/mol. The summed E-state index contributed by atoms with van der Waals surface area (Å²) < 4.78 is 46.2. The molecule has 0 fully saturated rings. The van der Waals surface area contributed by atoms with Gasteiger partial charge >= 0.3 is 0 Å². The van der Waals surface area contributed by atoms with E-state index < -0.39 is 15.7 Å². The van der Waals surface area contributed by atoms with Crippen molar-refractivity contribution in [2.45, 2.75) is 25.3 Å². The van der Waals surface area contributed by atoms with Crippen LogP contribution in [0, 0.1) is 5.82 Å². The van der Waals surface area contributed by atoms with Gasteiger partial charge in [0.1, 0.15) is 5.82 Å². The topological polar surface area (TPSA) is 77.7 Å². The summed E-state index contributed by atoms with van der Waals surface area (Å²) in [7, 11) is -3.58. The molecule has 3 rings (SSSR count). The van der Waals surface area contributed by atoms with Crippen LogP contribution in [-0.2, 0) is 21.1 Å². The van der Waals surface area contributed by atoms with Gasteiger partial charge in [-0.3, -0.25) is 4.79 Å². The second-order valence-electron chi connectivity index (χ2n) is 6.16. The number of halogens is 1. The van der Waals surface area contributed by atoms with Crippen molar-refractivity contribution in [2.24, 2.45) is 4.99 Å². The first-order chi connectivity index (χ1) is 13.9. The van der Waals surface area contributed by atoms with E-state index in [1.165, 1.54) is 42.5 Å². The van der Waals surface area contributed by atoms with Crippen LogP contribution in [-0.4, -0.2) is 37.9 Å². The third kappa shape index (κ3) is 4.63. The first-order valence-corrected chi connectivity index (χ1v) is 11.6. The molecule has 0 N–H and O–H groups in total. The van der Waals surface area contributed by atoms with Crippen LogP contribution in [0.1, 0.15) is 24.2 Å². The lowest BCUT2D eigenvalue weighted by molar-refractivity contribution is 0.0993. The number of carbonyl (C=O) groups is 1. The monoisotopic (exact) mass is 436 g/mol. The fourth-order valence-electron chi connectivity index (χ4n) is 2.87. The highest BCUT2D eigenvalue weighted by Gasteiger charge is 2.20. The molecule has 0 atom stereocenters. The summed E-state index contributed by atoms with van der Waals surface area (Å²) in [5, 5.41) is 0. The molecule has 1 aromatic heterocycles. The second kappa shape index (κ2) is 8.98. The van der Waals surface area contributed by atoms with Crippen LogP contribution in [0.5, 0.6) is 0 Å². The molecule has 6 nitrogen and oxygen atoms in total. The van der Waals surface area contributed by atoms with E-state index in [1.807, 2.05) is 6.92 Å². The fraction of sp³-hybridized carbons (Fsp3) is 0.300. The van der Waals surface area contributed by atoms with Crippen molar-refractivity contribution in [3.05, 3.63) is 58.6 Å². The highest BCUT2D eigenvalue weighted by atomic mass is 32.2. The van der Waals surface area contributed by atoms with E-state index in [0.29, 0.717) is 29.3 Å². The van der Waals surface area contributed by atoms with Gasteiger partial charge in [-0.2, -0.15) is 4.99 Å². The summed E-state index contributed by atoms with van der Waals surface area (Å²) in [6, 6.07) is 10.4. The number of thiazole rings is 1. The standard InChI is InChI=1S/C20H21FN2O4S2/c1-3-27-12-11-23-16-10-9-14(21)13-17(16)28-20(23)22-19(24)15-7-5-6-8-18(15)29(25,26)4-2/h5-10,13H,3-4,11-12H2,1-2H3. The third-order valence-corrected chi connectivity index (χ3v) is 7.17. The van der Waals surface area contributed by atoms with Gasteiger partial charge in [-0.25, -0.2) is 12.8 Å². The number of sulfone groups is 1. The Balaban J connectivity index is 2.13. The number of carbonyl (C=O) groups excluding carboxylic acids is 1. The van der Waals surface area contributed by atoms with Crippen molar-refractivity contribution >= 4 is 37.3 Å². The lowest BCUT2D eigenvalue weighted by Crippen LogP contribution is -2.20. The average Bonchev–Trinajstić information content (AvgIpc) is 3.04. The summed E-state index contributed by atoms with van der Waals surface area (Å²) in [5.74, 6) is -1.16. The molecule has 0 saturated carbocycles. The van der Waals surface area contributed by atoms with E-state index >= 15 is 0 Å². The number of benzene rings is 2. The van der Waals surface area contributed by atoms with Crippen molar-refractivity contribution in [3.8, 4) is 0 Å². The minimum atomic E-state index is -3.58. The normalized spacial score (nSPS) is 12.6. The molecule has 0 aliphatic heterocycles. The highest BCUT2D eigenvalue weighted by Crippen LogP contribution is 2.20. The van der Waals surface area contributed by atoms with Crippen LogP contribution >= 0.6 is 11.3 Å². The van der Waals surface area contributed by atoms with E-state index in [2.05, 4.69) is 4.99 Å². The minimum Gasteiger partial charge on any atom is -0.380 e. The molecular formula is C20H21FN2O4S2. The van der Waals surface area contributed by atoms with E-state index in [1.54, 1.807) is 22.8 Å². The van der Waals surface area contributed by atoms with Crippen LogP contribution < -0.4 is 4.80 Å². The number of nitrogens with zero attached hydrogens (tertiary/aromatic N) is 2. The molecule has 0 spiro atoms. The second-order valence-corrected chi connectivity index (χ2v) is 9.42. The zero-order valence-electron chi connectivity index (χ0n) is 16.1.